The summed E-state index contributed by atoms with van der Waals surface area (Å²) in [6.45, 7) is 23.7. The molecule has 0 spiro atoms. The first kappa shape index (κ1) is 107. The van der Waals surface area contributed by atoms with Crippen LogP contribution in [0.25, 0.3) is 0 Å². The molecule has 22 rings (SSSR count). The normalized spacial score (nSPS) is 47.8. The number of fused-ring (bicyclic) bond motifs is 25. The first-order valence-electron chi connectivity index (χ1n) is 56.9. The predicted octanol–water partition coefficient (Wildman–Crippen LogP) is 25.4. The Morgan fingerprint density at radius 2 is 0.671 bits per heavy atom. The highest BCUT2D eigenvalue weighted by molar-refractivity contribution is 7.99. The van der Waals surface area contributed by atoms with Gasteiger partial charge in [-0.3, -0.25) is 14.4 Å². The third-order valence-electron chi connectivity index (χ3n) is 47.0. The van der Waals surface area contributed by atoms with E-state index < -0.39 is 41.1 Å². The van der Waals surface area contributed by atoms with Gasteiger partial charge in [-0.15, -0.1) is 0 Å². The van der Waals surface area contributed by atoms with Gasteiger partial charge in [-0.05, 0) is 506 Å². The van der Waals surface area contributed by atoms with Gasteiger partial charge in [-0.2, -0.15) is 35.3 Å². The number of ether oxygens (including phenoxy) is 2. The van der Waals surface area contributed by atoms with Crippen LogP contribution in [0.3, 0.4) is 0 Å². The van der Waals surface area contributed by atoms with E-state index in [0.717, 1.165) is 211 Å². The number of carbonyl (C=O) groups excluding carboxylic acids is 3. The van der Waals surface area contributed by atoms with E-state index in [2.05, 4.69) is 90.6 Å². The number of nitrogens with zero attached hydrogens (tertiary/aromatic N) is 4. The van der Waals surface area contributed by atoms with Gasteiger partial charge in [0.2, 0.25) is 0 Å². The van der Waals surface area contributed by atoms with E-state index in [1.165, 1.54) is 172 Å². The minimum absolute atomic E-state index is 0.152. The van der Waals surface area contributed by atoms with E-state index in [0.29, 0.717) is 143 Å². The lowest BCUT2D eigenvalue weighted by molar-refractivity contribution is -0.160. The number of hydrogen-bond donors (Lipinski definition) is 5. The maximum atomic E-state index is 13.4. The summed E-state index contributed by atoms with van der Waals surface area (Å²) < 4.78 is 55.0. The molecule has 20 saturated carbocycles. The number of halogens is 4. The summed E-state index contributed by atoms with van der Waals surface area (Å²) in [5.41, 5.74) is -0.548. The Kier molecular flexibility index (Phi) is 33.4. The largest absolute Gasteiger partial charge is 0.387 e. The summed E-state index contributed by atoms with van der Waals surface area (Å²) in [6.07, 6.45) is 64.9. The number of alkyl halides is 3. The number of aromatic nitrogens is 4. The van der Waals surface area contributed by atoms with Crippen molar-refractivity contribution in [1.29, 1.82) is 0 Å². The second-order valence-corrected chi connectivity index (χ2v) is 55.9. The van der Waals surface area contributed by atoms with Crippen LogP contribution in [0.5, 0.6) is 0 Å². The predicted molar refractivity (Wildman–Crippen MR) is 560 cm³/mol. The highest BCUT2D eigenvalue weighted by atomic mass is 35.5. The Labute approximate surface area is 858 Å². The van der Waals surface area contributed by atoms with Crippen LogP contribution in [0, 0.1) is 216 Å². The molecule has 20 aliphatic carbocycles. The molecule has 20 fully saturated rings. The third-order valence-corrected chi connectivity index (χ3v) is 48.8. The zero-order valence-electron chi connectivity index (χ0n) is 87.6. The third kappa shape index (κ3) is 20.6. The van der Waals surface area contributed by atoms with E-state index >= 15 is 0 Å². The molecule has 140 heavy (non-hydrogen) atoms. The highest BCUT2D eigenvalue weighted by Gasteiger charge is 2.66. The van der Waals surface area contributed by atoms with Crippen molar-refractivity contribution in [2.45, 2.75) is 371 Å². The van der Waals surface area contributed by atoms with E-state index in [-0.39, 0.29) is 40.9 Å². The van der Waals surface area contributed by atoms with Crippen molar-refractivity contribution in [3.8, 4) is 11.3 Å². The van der Waals surface area contributed by atoms with Crippen LogP contribution in [0.15, 0.2) is 61.7 Å². The number of thioether (sulfide) groups is 3. The Bertz CT molecular complexity index is 4630. The monoisotopic (exact) mass is 2020 g/mol. The van der Waals surface area contributed by atoms with Crippen LogP contribution in [0.2, 0.25) is 0 Å². The minimum atomic E-state index is -2.62. The Balaban J connectivity index is 0.000000116. The molecule has 0 saturated heterocycles. The maximum Gasteiger partial charge on any atom is 0.266 e. The fourth-order valence-corrected chi connectivity index (χ4v) is 42.7. The van der Waals surface area contributed by atoms with Gasteiger partial charge in [0.05, 0.1) is 59.9 Å². The first-order valence-corrected chi connectivity index (χ1v) is 61.4. The average Bonchev–Trinajstić information content (AvgIpc) is 1.52. The van der Waals surface area contributed by atoms with Gasteiger partial charge in [-0.25, -0.2) is 23.1 Å². The molecule has 21 heteroatoms. The molecule has 20 aliphatic rings. The summed E-state index contributed by atoms with van der Waals surface area (Å²) in [4.78, 5) is 46.6. The number of Topliss-reactive ketones (excluding diaryl/α,β-unsaturated/α-hetero) is 3. The summed E-state index contributed by atoms with van der Waals surface area (Å²) in [6, 6.07) is 0. The van der Waals surface area contributed by atoms with Gasteiger partial charge in [0.1, 0.15) is 35.2 Å². The van der Waals surface area contributed by atoms with E-state index in [1.807, 2.05) is 43.8 Å². The second kappa shape index (κ2) is 43.6. The fraction of sp³-hybridized carbons (Fsp3) is 0.874. The number of rotatable bonds is 21. The Morgan fingerprint density at radius 1 is 0.386 bits per heavy atom. The summed E-state index contributed by atoms with van der Waals surface area (Å²) >= 11 is 10.6. The SMILES string of the molecule is C=C(Cn1ccnc1)[C@H]1CC[C@H]2[C@@H]3CC[C@@H]4C[C@@](O)(CF)CC[C@@H]4[C@H]3CC[C@]12C.C=C(Cn1ccnc1)[C@H]1CC[C@H]2[C@@H]3CC[C@@H]4C[C@@](O)(COC)CC[C@@H]4[C@H]3CC[C@]12C.COC[C@@]1(O)CC[C@H]2[C@H](CC[C@@H]3[C@@H]2CC[C@]2(C)[C@@H](C(=O)CSC)CC[C@@H]32)C1.CSCC(=O)[C@H]1CC[C@H]2[C@@H]3CC[C@@H]4C[C@@](O)(C#CCl)CC[C@@H]4[C@H]3CC[C@]12C.CSCC(=O)[C@H]1CC[C@H]2[C@@H]3CC[C@@H]4C[C@@](O)(C(F)F)CC[C@@H]4[C@H]3CC[C@]12C. The van der Waals surface area contributed by atoms with Crippen LogP contribution in [-0.2, 0) is 36.9 Å². The van der Waals surface area contributed by atoms with Gasteiger partial charge in [0.15, 0.2) is 0 Å². The Hall–Kier alpha value is -2.68. The maximum absolute atomic E-state index is 13.4. The summed E-state index contributed by atoms with van der Waals surface area (Å²) in [5, 5.41) is 55.9. The van der Waals surface area contributed by atoms with Crippen molar-refractivity contribution in [3.05, 3.63) is 61.7 Å². The van der Waals surface area contributed by atoms with Crippen molar-refractivity contribution < 1.29 is 62.6 Å². The van der Waals surface area contributed by atoms with Crippen molar-refractivity contribution in [2.75, 3.05) is 70.1 Å². The zero-order valence-corrected chi connectivity index (χ0v) is 90.8. The number of aliphatic hydroxyl groups is 5. The molecule has 0 radical (unpaired) electrons. The number of hydrogen-bond acceptors (Lipinski definition) is 15. The molecule has 14 nitrogen and oxygen atoms in total. The molecule has 784 valence electrons. The van der Waals surface area contributed by atoms with Crippen molar-refractivity contribution in [3.63, 3.8) is 0 Å². The number of imidazole rings is 2. The standard InChI is InChI=1S/C26H40N2O2.C25H37FN2O.C23H33ClO2S.C23H38O3S.C22H34F2O2S/c1-18(15-28-13-12-27-17-28)23-6-7-24-22-5-4-19-14-26(29,16-30-3)11-9-20(19)21(22)8-10-25(23,24)2;1-17(14-28-12-11-27-16-28)22-5-6-23-21-4-3-18-13-25(29,15-26)10-8-19(18)20(21)7-9-24(22,23)2;1-22-9-7-17-16-8-10-23(26,11-12-24)13-15(16)3-4-18(17)19(22)5-6-20(22)21(25)14-27-2;1-22-10-8-17-16-9-11-23(25,14-26-2)12-15(16)4-5-18(17)19(22)6-7-20(22)21(24)13-27-3;1-21-9-7-15-14-8-10-22(26,20(23)24)11-13(14)3-4-16(15)17(21)5-6-18(21)19(25)12-27-2/h12-13,17,19-24,29H,1,4-11,14-16H2,2-3H3;11-12,16,18-23,29H,1,3-10,13-15H2,2H3;15-20,26H,3-10,13-14H2,1-2H3;15-20,25H,4-14H2,1-3H3;13-18,20,26H,3-12H2,1-2H3/t19-,20+,21-,22-,23-,24+,25-,26-;18-,19+,20-,21-,22-,23+,24-,25-;15-,16+,17-,18-,19+,20-,22+,23+;15-,16+,17-,18-,19+,20-,22+,23-;13-,14+,15-,16-,17+,18-,21+,22-/m11111/s1. The number of ketones is 3. The average molecular weight is 2020 g/mol. The molecule has 5 N–H and O–H groups in total. The van der Waals surface area contributed by atoms with E-state index in [4.69, 9.17) is 21.1 Å². The van der Waals surface area contributed by atoms with Crippen LogP contribution >= 0.6 is 46.9 Å². The molecular weight excluding hydrogens is 1830 g/mol. The number of allylic oxidation sites excluding steroid dienone is 2. The molecule has 2 heterocycles. The topological polar surface area (TPSA) is 206 Å². The molecule has 2 aromatic heterocycles. The molecule has 0 amide bonds. The van der Waals surface area contributed by atoms with Gasteiger partial charge in [-0.1, -0.05) is 64.8 Å². The Morgan fingerprint density at radius 3 is 0.971 bits per heavy atom. The summed E-state index contributed by atoms with van der Waals surface area (Å²) in [5.74, 6) is 26.6. The van der Waals surface area contributed by atoms with Crippen molar-refractivity contribution in [1.82, 2.24) is 19.1 Å². The molecule has 40 atom stereocenters. The van der Waals surface area contributed by atoms with Gasteiger partial charge < -0.3 is 44.1 Å². The smallest absolute Gasteiger partial charge is 0.266 e. The quantitative estimate of drug-likeness (QED) is 0.0582. The van der Waals surface area contributed by atoms with Crippen LogP contribution in [-0.4, -0.2) is 167 Å². The van der Waals surface area contributed by atoms with Crippen LogP contribution in [0.4, 0.5) is 13.2 Å². The lowest BCUT2D eigenvalue weighted by Gasteiger charge is -2.57. The molecule has 0 unspecified atom stereocenters. The lowest BCUT2D eigenvalue weighted by atomic mass is 9.48. The number of carbonyl (C=O) groups is 3. The second-order valence-electron chi connectivity index (χ2n) is 53.1. The van der Waals surface area contributed by atoms with Crippen molar-refractivity contribution >= 4 is 64.2 Å². The van der Waals surface area contributed by atoms with Gasteiger partial charge >= 0.3 is 0 Å². The first-order chi connectivity index (χ1) is 67.0. The van der Waals surface area contributed by atoms with Crippen molar-refractivity contribution in [2.24, 2.45) is 205 Å². The molecule has 0 aliphatic heterocycles. The van der Waals surface area contributed by atoms with E-state index in [9.17, 15) is 53.1 Å². The summed E-state index contributed by atoms with van der Waals surface area (Å²) in [7, 11) is 3.43. The highest BCUT2D eigenvalue weighted by Crippen LogP contribution is 2.73. The van der Waals surface area contributed by atoms with Gasteiger partial charge in [0.25, 0.3) is 6.43 Å². The zero-order chi connectivity index (χ0) is 99.0. The molecular formula is C119H182ClF3N4O10S3. The molecule has 2 aromatic rings. The minimum Gasteiger partial charge on any atom is -0.387 e. The van der Waals surface area contributed by atoms with Crippen LogP contribution < -0.4 is 0 Å². The lowest BCUT2D eigenvalue weighted by Crippen LogP contribution is -2.53. The van der Waals surface area contributed by atoms with Crippen LogP contribution in [0.1, 0.15) is 324 Å². The molecule has 0 bridgehead atoms. The number of methoxy groups -OCH3 is 2. The van der Waals surface area contributed by atoms with Gasteiger partial charge in [0, 0.05) is 75.2 Å². The fourth-order valence-electron chi connectivity index (χ4n) is 41.1. The van der Waals surface area contributed by atoms with E-state index in [1.54, 1.807) is 49.5 Å². The molecule has 0 aromatic carbocycles.